The SMILES string of the molecule is CCCCCC(=Cc1ccccc1)/C=N/NC(=S)NC12CC3CC(CC(C3)C1)C2. The molecule has 0 radical (unpaired) electrons. The van der Waals surface area contributed by atoms with E-state index in [1.165, 1.54) is 68.9 Å². The molecule has 1 aromatic carbocycles. The van der Waals surface area contributed by atoms with Crippen LogP contribution in [0.1, 0.15) is 76.7 Å². The number of nitrogens with zero attached hydrogens (tertiary/aromatic N) is 1. The van der Waals surface area contributed by atoms with Crippen LogP contribution < -0.4 is 10.7 Å². The summed E-state index contributed by atoms with van der Waals surface area (Å²) in [6, 6.07) is 10.5. The first kappa shape index (κ1) is 20.6. The van der Waals surface area contributed by atoms with Crippen molar-refractivity contribution in [3.8, 4) is 0 Å². The van der Waals surface area contributed by atoms with Crippen LogP contribution in [0.3, 0.4) is 0 Å². The molecule has 4 heteroatoms. The van der Waals surface area contributed by atoms with E-state index in [-0.39, 0.29) is 5.54 Å². The minimum Gasteiger partial charge on any atom is -0.356 e. The molecular weight excluding hydrogens is 374 g/mol. The zero-order chi connectivity index (χ0) is 20.1. The van der Waals surface area contributed by atoms with Gasteiger partial charge in [0.2, 0.25) is 0 Å². The van der Waals surface area contributed by atoms with Crippen molar-refractivity contribution in [1.29, 1.82) is 0 Å². The number of unbranched alkanes of at least 4 members (excludes halogenated alkanes) is 2. The molecule has 0 saturated heterocycles. The summed E-state index contributed by atoms with van der Waals surface area (Å²) >= 11 is 5.62. The molecule has 4 bridgehead atoms. The molecule has 0 spiro atoms. The van der Waals surface area contributed by atoms with Gasteiger partial charge in [-0.05, 0) is 92.5 Å². The van der Waals surface area contributed by atoms with Crippen molar-refractivity contribution >= 4 is 29.6 Å². The van der Waals surface area contributed by atoms with Gasteiger partial charge in [0, 0.05) is 5.54 Å². The van der Waals surface area contributed by atoms with Crippen LogP contribution in [0.2, 0.25) is 0 Å². The van der Waals surface area contributed by atoms with E-state index in [0.29, 0.717) is 5.11 Å². The Morgan fingerprint density at radius 1 is 1.07 bits per heavy atom. The quantitative estimate of drug-likeness (QED) is 0.237. The molecule has 0 aromatic heterocycles. The summed E-state index contributed by atoms with van der Waals surface area (Å²) in [6.07, 6.45) is 17.1. The minimum absolute atomic E-state index is 0.234. The summed E-state index contributed by atoms with van der Waals surface area (Å²) in [6.45, 7) is 2.24. The monoisotopic (exact) mass is 409 g/mol. The normalized spacial score (nSPS) is 30.7. The van der Waals surface area contributed by atoms with E-state index in [1.807, 2.05) is 6.21 Å². The Labute approximate surface area is 181 Å². The standard InChI is InChI=1S/C25H35N3S/c1-2-3-5-10-20(11-19-8-6-4-7-9-19)18-26-28-24(29)27-25-15-21-12-22(16-25)14-23(13-21)17-25/h4,6-9,11,18,21-23H,2-3,5,10,12-17H2,1H3,(H2,27,28,29)/b20-11?,26-18+. The molecule has 4 fully saturated rings. The Morgan fingerprint density at radius 2 is 1.72 bits per heavy atom. The lowest BCUT2D eigenvalue weighted by atomic mass is 9.53. The zero-order valence-corrected chi connectivity index (χ0v) is 18.5. The molecule has 2 N–H and O–H groups in total. The van der Waals surface area contributed by atoms with Gasteiger partial charge in [-0.3, -0.25) is 5.43 Å². The topological polar surface area (TPSA) is 36.4 Å². The van der Waals surface area contributed by atoms with Crippen LogP contribution in [0.15, 0.2) is 41.0 Å². The Morgan fingerprint density at radius 3 is 2.34 bits per heavy atom. The number of hydrogen-bond acceptors (Lipinski definition) is 2. The van der Waals surface area contributed by atoms with E-state index >= 15 is 0 Å². The number of nitrogens with one attached hydrogen (secondary N) is 2. The lowest BCUT2D eigenvalue weighted by Crippen LogP contribution is -2.61. The highest BCUT2D eigenvalue weighted by Gasteiger charge is 2.51. The predicted octanol–water partition coefficient (Wildman–Crippen LogP) is 6.07. The number of hydrogen-bond donors (Lipinski definition) is 2. The van der Waals surface area contributed by atoms with Crippen molar-refractivity contribution < 1.29 is 0 Å². The Kier molecular flexibility index (Phi) is 6.69. The molecule has 156 valence electrons. The first-order chi connectivity index (χ1) is 14.1. The van der Waals surface area contributed by atoms with Gasteiger partial charge in [0.25, 0.3) is 0 Å². The molecule has 3 nitrogen and oxygen atoms in total. The number of allylic oxidation sites excluding steroid dienone is 1. The number of rotatable bonds is 8. The zero-order valence-electron chi connectivity index (χ0n) is 17.7. The fourth-order valence-corrected chi connectivity index (χ4v) is 6.49. The van der Waals surface area contributed by atoms with Gasteiger partial charge in [0.1, 0.15) is 0 Å². The van der Waals surface area contributed by atoms with Gasteiger partial charge in [0.05, 0.1) is 6.21 Å². The summed E-state index contributed by atoms with van der Waals surface area (Å²) in [7, 11) is 0. The van der Waals surface area contributed by atoms with Crippen molar-refractivity contribution in [3.63, 3.8) is 0 Å². The maximum Gasteiger partial charge on any atom is 0.187 e. The van der Waals surface area contributed by atoms with Crippen LogP contribution in [-0.2, 0) is 0 Å². The molecule has 4 saturated carbocycles. The Hall–Kier alpha value is -1.68. The van der Waals surface area contributed by atoms with Crippen LogP contribution in [0, 0.1) is 17.8 Å². The molecule has 0 aliphatic heterocycles. The first-order valence-corrected chi connectivity index (χ1v) is 11.9. The second-order valence-electron chi connectivity index (χ2n) is 9.61. The van der Waals surface area contributed by atoms with Crippen LogP contribution in [0.25, 0.3) is 6.08 Å². The third kappa shape index (κ3) is 5.48. The predicted molar refractivity (Wildman–Crippen MR) is 127 cm³/mol. The Bertz CT molecular complexity index is 717. The van der Waals surface area contributed by atoms with E-state index < -0.39 is 0 Å². The van der Waals surface area contributed by atoms with Gasteiger partial charge in [-0.2, -0.15) is 5.10 Å². The third-order valence-electron chi connectivity index (χ3n) is 7.03. The van der Waals surface area contributed by atoms with E-state index in [0.717, 1.165) is 24.2 Å². The fourth-order valence-electron chi connectivity index (χ4n) is 6.22. The van der Waals surface area contributed by atoms with E-state index in [1.54, 1.807) is 0 Å². The van der Waals surface area contributed by atoms with Gasteiger partial charge < -0.3 is 5.32 Å². The maximum atomic E-state index is 5.62. The molecule has 1 aromatic rings. The molecule has 4 aliphatic carbocycles. The van der Waals surface area contributed by atoms with Crippen molar-refractivity contribution in [3.05, 3.63) is 41.5 Å². The summed E-state index contributed by atoms with van der Waals surface area (Å²) in [5, 5.41) is 8.88. The van der Waals surface area contributed by atoms with Crippen LogP contribution in [0.4, 0.5) is 0 Å². The first-order valence-electron chi connectivity index (χ1n) is 11.5. The summed E-state index contributed by atoms with van der Waals surface area (Å²) in [4.78, 5) is 0. The third-order valence-corrected chi connectivity index (χ3v) is 7.23. The second kappa shape index (κ2) is 9.42. The van der Waals surface area contributed by atoms with Crippen molar-refractivity contribution in [1.82, 2.24) is 10.7 Å². The Balaban J connectivity index is 1.34. The fraction of sp³-hybridized carbons (Fsp3) is 0.600. The minimum atomic E-state index is 0.234. The van der Waals surface area contributed by atoms with E-state index in [2.05, 4.69) is 59.2 Å². The molecule has 0 unspecified atom stereocenters. The molecular formula is C25H35N3S. The smallest absolute Gasteiger partial charge is 0.187 e. The average Bonchev–Trinajstić information content (AvgIpc) is 2.67. The summed E-state index contributed by atoms with van der Waals surface area (Å²) < 4.78 is 0. The summed E-state index contributed by atoms with van der Waals surface area (Å²) in [5.74, 6) is 2.75. The molecule has 0 atom stereocenters. The second-order valence-corrected chi connectivity index (χ2v) is 10.0. The molecule has 29 heavy (non-hydrogen) atoms. The largest absolute Gasteiger partial charge is 0.356 e. The van der Waals surface area contributed by atoms with E-state index in [9.17, 15) is 0 Å². The van der Waals surface area contributed by atoms with Gasteiger partial charge in [-0.1, -0.05) is 56.2 Å². The van der Waals surface area contributed by atoms with Crippen molar-refractivity contribution in [2.75, 3.05) is 0 Å². The van der Waals surface area contributed by atoms with Crippen LogP contribution >= 0.6 is 12.2 Å². The summed E-state index contributed by atoms with van der Waals surface area (Å²) in [5.41, 5.74) is 5.81. The average molecular weight is 410 g/mol. The van der Waals surface area contributed by atoms with Crippen LogP contribution in [0.5, 0.6) is 0 Å². The van der Waals surface area contributed by atoms with Crippen LogP contribution in [-0.4, -0.2) is 16.9 Å². The molecule has 0 amide bonds. The van der Waals surface area contributed by atoms with Gasteiger partial charge in [-0.25, -0.2) is 0 Å². The van der Waals surface area contributed by atoms with Crippen molar-refractivity contribution in [2.45, 2.75) is 76.7 Å². The molecule has 5 rings (SSSR count). The molecule has 4 aliphatic rings. The number of hydrazone groups is 1. The van der Waals surface area contributed by atoms with Gasteiger partial charge in [-0.15, -0.1) is 0 Å². The highest BCUT2D eigenvalue weighted by molar-refractivity contribution is 7.80. The molecule has 0 heterocycles. The van der Waals surface area contributed by atoms with Gasteiger partial charge in [0.15, 0.2) is 5.11 Å². The maximum absolute atomic E-state index is 5.62. The van der Waals surface area contributed by atoms with Gasteiger partial charge >= 0.3 is 0 Å². The lowest BCUT2D eigenvalue weighted by molar-refractivity contribution is -0.0101. The highest BCUT2D eigenvalue weighted by atomic mass is 32.1. The highest BCUT2D eigenvalue weighted by Crippen LogP contribution is 2.55. The number of benzene rings is 1. The van der Waals surface area contributed by atoms with Crippen molar-refractivity contribution in [2.24, 2.45) is 22.9 Å². The lowest BCUT2D eigenvalue weighted by Gasteiger charge is -2.57. The number of thiocarbonyl (C=S) groups is 1. The van der Waals surface area contributed by atoms with E-state index in [4.69, 9.17) is 12.2 Å².